The molecule has 2 aromatic heterocycles. The van der Waals surface area contributed by atoms with Gasteiger partial charge in [-0.3, -0.25) is 4.79 Å². The first-order chi connectivity index (χ1) is 14.4. The van der Waals surface area contributed by atoms with Crippen LogP contribution in [0.4, 0.5) is 5.82 Å². The van der Waals surface area contributed by atoms with Gasteiger partial charge in [-0.2, -0.15) is 5.10 Å². The van der Waals surface area contributed by atoms with Gasteiger partial charge in [-0.25, -0.2) is 14.6 Å². The molecule has 0 spiro atoms. The lowest BCUT2D eigenvalue weighted by molar-refractivity contribution is 0.0954. The van der Waals surface area contributed by atoms with Crippen molar-refractivity contribution in [3.8, 4) is 17.3 Å². The fourth-order valence-electron chi connectivity index (χ4n) is 3.02. The Bertz CT molecular complexity index is 1020. The molecule has 0 saturated heterocycles. The van der Waals surface area contributed by atoms with E-state index in [0.717, 1.165) is 11.4 Å². The normalized spacial score (nSPS) is 10.6. The number of aromatic nitrogens is 4. The van der Waals surface area contributed by atoms with Gasteiger partial charge in [0.2, 0.25) is 0 Å². The number of hydrogen-bond acceptors (Lipinski definition) is 7. The number of methoxy groups -OCH3 is 2. The maximum atomic E-state index is 12.4. The number of benzene rings is 1. The standard InChI is InChI=1S/C21H26N6O3/c1-13-8-14(2)27(26-13)20-12-19(24-15(3)25-20)22-6-7-23-21(28)16-9-17(29-4)11-18(10-16)30-5/h8-12H,6-7H2,1-5H3,(H,23,28)(H,22,24,25). The zero-order valence-corrected chi connectivity index (χ0v) is 17.8. The van der Waals surface area contributed by atoms with Crippen LogP contribution in [0.25, 0.3) is 5.82 Å². The summed E-state index contributed by atoms with van der Waals surface area (Å²) >= 11 is 0. The predicted octanol–water partition coefficient (Wildman–Crippen LogP) is 2.45. The van der Waals surface area contributed by atoms with E-state index in [4.69, 9.17) is 9.47 Å². The van der Waals surface area contributed by atoms with Gasteiger partial charge in [0.1, 0.15) is 23.1 Å². The first-order valence-electron chi connectivity index (χ1n) is 9.54. The highest BCUT2D eigenvalue weighted by Crippen LogP contribution is 2.22. The molecule has 1 aromatic carbocycles. The van der Waals surface area contributed by atoms with E-state index in [2.05, 4.69) is 25.7 Å². The van der Waals surface area contributed by atoms with Crippen molar-refractivity contribution in [2.75, 3.05) is 32.6 Å². The van der Waals surface area contributed by atoms with Crippen molar-refractivity contribution < 1.29 is 14.3 Å². The second-order valence-corrected chi connectivity index (χ2v) is 6.78. The van der Waals surface area contributed by atoms with Crippen LogP contribution in [0, 0.1) is 20.8 Å². The lowest BCUT2D eigenvalue weighted by atomic mass is 10.2. The van der Waals surface area contributed by atoms with E-state index in [1.807, 2.05) is 32.9 Å². The van der Waals surface area contributed by atoms with Gasteiger partial charge in [-0.15, -0.1) is 0 Å². The average molecular weight is 410 g/mol. The van der Waals surface area contributed by atoms with Gasteiger partial charge in [0.05, 0.1) is 19.9 Å². The van der Waals surface area contributed by atoms with Gasteiger partial charge in [-0.05, 0) is 39.0 Å². The van der Waals surface area contributed by atoms with E-state index in [-0.39, 0.29) is 5.91 Å². The molecular weight excluding hydrogens is 384 g/mol. The third kappa shape index (κ3) is 5.05. The molecule has 1 amide bonds. The van der Waals surface area contributed by atoms with Gasteiger partial charge < -0.3 is 20.1 Å². The Morgan fingerprint density at radius 1 is 0.967 bits per heavy atom. The number of carbonyl (C=O) groups is 1. The lowest BCUT2D eigenvalue weighted by Gasteiger charge is -2.11. The van der Waals surface area contributed by atoms with Crippen molar-refractivity contribution in [1.29, 1.82) is 0 Å². The second-order valence-electron chi connectivity index (χ2n) is 6.78. The summed E-state index contributed by atoms with van der Waals surface area (Å²) in [7, 11) is 3.09. The summed E-state index contributed by atoms with van der Waals surface area (Å²) in [5.41, 5.74) is 2.39. The Labute approximate surface area is 175 Å². The molecule has 158 valence electrons. The van der Waals surface area contributed by atoms with Crippen molar-refractivity contribution in [3.05, 3.63) is 53.1 Å². The first kappa shape index (κ1) is 21.1. The summed E-state index contributed by atoms with van der Waals surface area (Å²) in [6.07, 6.45) is 0. The van der Waals surface area contributed by atoms with E-state index in [1.165, 1.54) is 0 Å². The van der Waals surface area contributed by atoms with Crippen LogP contribution < -0.4 is 20.1 Å². The fourth-order valence-corrected chi connectivity index (χ4v) is 3.02. The molecule has 0 fully saturated rings. The maximum absolute atomic E-state index is 12.4. The minimum atomic E-state index is -0.212. The summed E-state index contributed by atoms with van der Waals surface area (Å²) in [5, 5.41) is 10.6. The number of anilines is 1. The van der Waals surface area contributed by atoms with Gasteiger partial charge >= 0.3 is 0 Å². The molecule has 0 aliphatic heterocycles. The molecule has 9 nitrogen and oxygen atoms in total. The molecule has 3 aromatic rings. The molecule has 0 aliphatic carbocycles. The quantitative estimate of drug-likeness (QED) is 0.550. The number of nitrogens with one attached hydrogen (secondary N) is 2. The van der Waals surface area contributed by atoms with Crippen LogP contribution in [0.15, 0.2) is 30.3 Å². The number of rotatable bonds is 8. The van der Waals surface area contributed by atoms with E-state index >= 15 is 0 Å². The highest BCUT2D eigenvalue weighted by Gasteiger charge is 2.11. The molecule has 0 unspecified atom stereocenters. The summed E-state index contributed by atoms with van der Waals surface area (Å²) in [6.45, 7) is 6.67. The van der Waals surface area contributed by atoms with Gasteiger partial charge in [0.25, 0.3) is 5.91 Å². The highest BCUT2D eigenvalue weighted by atomic mass is 16.5. The molecule has 30 heavy (non-hydrogen) atoms. The fraction of sp³-hybridized carbons (Fsp3) is 0.333. The number of ether oxygens (including phenoxy) is 2. The Kier molecular flexibility index (Phi) is 6.51. The van der Waals surface area contributed by atoms with E-state index in [9.17, 15) is 4.79 Å². The van der Waals surface area contributed by atoms with Crippen molar-refractivity contribution >= 4 is 11.7 Å². The molecule has 3 rings (SSSR count). The smallest absolute Gasteiger partial charge is 0.251 e. The Morgan fingerprint density at radius 3 is 2.27 bits per heavy atom. The van der Waals surface area contributed by atoms with Crippen LogP contribution in [0.5, 0.6) is 11.5 Å². The van der Waals surface area contributed by atoms with Gasteiger partial charge in [0, 0.05) is 36.5 Å². The van der Waals surface area contributed by atoms with Crippen molar-refractivity contribution in [3.63, 3.8) is 0 Å². The van der Waals surface area contributed by atoms with E-state index in [1.54, 1.807) is 37.1 Å². The number of hydrogen-bond donors (Lipinski definition) is 2. The van der Waals surface area contributed by atoms with Gasteiger partial charge in [0.15, 0.2) is 5.82 Å². The molecule has 0 radical (unpaired) electrons. The maximum Gasteiger partial charge on any atom is 0.251 e. The largest absolute Gasteiger partial charge is 0.497 e. The van der Waals surface area contributed by atoms with E-state index < -0.39 is 0 Å². The Hall–Kier alpha value is -3.62. The second kappa shape index (κ2) is 9.25. The highest BCUT2D eigenvalue weighted by molar-refractivity contribution is 5.95. The lowest BCUT2D eigenvalue weighted by Crippen LogP contribution is -2.29. The summed E-state index contributed by atoms with van der Waals surface area (Å²) in [4.78, 5) is 21.3. The summed E-state index contributed by atoms with van der Waals surface area (Å²) < 4.78 is 12.2. The number of nitrogens with zero attached hydrogens (tertiary/aromatic N) is 4. The van der Waals surface area contributed by atoms with Crippen LogP contribution >= 0.6 is 0 Å². The molecule has 0 saturated carbocycles. The van der Waals surface area contributed by atoms with E-state index in [0.29, 0.717) is 47.6 Å². The summed E-state index contributed by atoms with van der Waals surface area (Å²) in [6, 6.07) is 8.88. The molecule has 0 bridgehead atoms. The molecule has 2 N–H and O–H groups in total. The predicted molar refractivity (Wildman–Crippen MR) is 114 cm³/mol. The molecule has 0 aliphatic rings. The topological polar surface area (TPSA) is 103 Å². The number of aryl methyl sites for hydroxylation is 3. The van der Waals surface area contributed by atoms with Gasteiger partial charge in [-0.1, -0.05) is 0 Å². The number of carbonyl (C=O) groups excluding carboxylic acids is 1. The third-order valence-corrected chi connectivity index (χ3v) is 4.38. The number of amides is 1. The molecule has 2 heterocycles. The van der Waals surface area contributed by atoms with Crippen LogP contribution in [0.2, 0.25) is 0 Å². The minimum absolute atomic E-state index is 0.212. The summed E-state index contributed by atoms with van der Waals surface area (Å²) in [5.74, 6) is 2.91. The SMILES string of the molecule is COc1cc(OC)cc(C(=O)NCCNc2cc(-n3nc(C)cc3C)nc(C)n2)c1. The van der Waals surface area contributed by atoms with Crippen molar-refractivity contribution in [1.82, 2.24) is 25.1 Å². The van der Waals surface area contributed by atoms with Crippen LogP contribution in [0.1, 0.15) is 27.6 Å². The first-order valence-corrected chi connectivity index (χ1v) is 9.54. The van der Waals surface area contributed by atoms with Crippen molar-refractivity contribution in [2.45, 2.75) is 20.8 Å². The zero-order chi connectivity index (χ0) is 21.7. The molecule has 0 atom stereocenters. The third-order valence-electron chi connectivity index (χ3n) is 4.38. The molecule has 9 heteroatoms. The zero-order valence-electron chi connectivity index (χ0n) is 17.8. The minimum Gasteiger partial charge on any atom is -0.497 e. The molecular formula is C21H26N6O3. The van der Waals surface area contributed by atoms with Crippen molar-refractivity contribution in [2.24, 2.45) is 0 Å². The van der Waals surface area contributed by atoms with Crippen LogP contribution in [-0.4, -0.2) is 53.0 Å². The Balaban J connectivity index is 1.61. The monoisotopic (exact) mass is 410 g/mol. The van der Waals surface area contributed by atoms with Crippen LogP contribution in [-0.2, 0) is 0 Å². The average Bonchev–Trinajstić information content (AvgIpc) is 3.08. The Morgan fingerprint density at radius 2 is 1.67 bits per heavy atom. The van der Waals surface area contributed by atoms with Crippen LogP contribution in [0.3, 0.4) is 0 Å².